The Morgan fingerprint density at radius 1 is 1.11 bits per heavy atom. The molecule has 2 aromatic carbocycles. The minimum atomic E-state index is -3.90. The number of aromatic nitrogens is 1. The van der Waals surface area contributed by atoms with Crippen molar-refractivity contribution in [3.63, 3.8) is 0 Å². The number of halogens is 1. The van der Waals surface area contributed by atoms with Crippen molar-refractivity contribution in [2.75, 3.05) is 31.1 Å². The van der Waals surface area contributed by atoms with Gasteiger partial charge in [0.1, 0.15) is 5.82 Å². The number of sulfonamides is 1. The van der Waals surface area contributed by atoms with Crippen molar-refractivity contribution in [3.05, 3.63) is 68.7 Å². The number of piperazine rings is 1. The molecule has 2 heterocycles. The predicted octanol–water partition coefficient (Wildman–Crippen LogP) is 2.95. The number of nitro groups is 1. The van der Waals surface area contributed by atoms with E-state index in [1.807, 2.05) is 0 Å². The van der Waals surface area contributed by atoms with E-state index in [0.29, 0.717) is 5.52 Å². The zero-order valence-corrected chi connectivity index (χ0v) is 20.1. The highest BCUT2D eigenvalue weighted by Gasteiger charge is 2.31. The molecule has 2 aliphatic rings. The number of anilines is 1. The molecular weight excluding hydrogens is 511 g/mol. The number of hydrogen-bond acceptors (Lipinski definition) is 8. The Morgan fingerprint density at radius 3 is 2.32 bits per heavy atom. The van der Waals surface area contributed by atoms with Crippen LogP contribution in [0.5, 0.6) is 5.75 Å². The van der Waals surface area contributed by atoms with E-state index in [-0.39, 0.29) is 53.9 Å². The highest BCUT2D eigenvalue weighted by atomic mass is 32.2. The van der Waals surface area contributed by atoms with Crippen LogP contribution in [0, 0.1) is 15.9 Å². The molecule has 5 rings (SSSR count). The minimum absolute atomic E-state index is 0.00807. The lowest BCUT2D eigenvalue weighted by Gasteiger charge is -2.35. The first-order chi connectivity index (χ1) is 17.6. The molecule has 0 amide bonds. The van der Waals surface area contributed by atoms with Crippen LogP contribution in [0.4, 0.5) is 20.6 Å². The van der Waals surface area contributed by atoms with Gasteiger partial charge in [0.05, 0.1) is 32.6 Å². The second-order valence-corrected chi connectivity index (χ2v) is 10.7. The van der Waals surface area contributed by atoms with Gasteiger partial charge in [-0.2, -0.15) is 4.31 Å². The minimum Gasteiger partial charge on any atom is -0.449 e. The van der Waals surface area contributed by atoms with E-state index >= 15 is 4.39 Å². The first kappa shape index (κ1) is 24.6. The summed E-state index contributed by atoms with van der Waals surface area (Å²) >= 11 is 0. The van der Waals surface area contributed by atoms with E-state index in [1.165, 1.54) is 28.7 Å². The summed E-state index contributed by atoms with van der Waals surface area (Å²) in [6.45, 7) is 0.445. The lowest BCUT2D eigenvalue weighted by Crippen LogP contribution is -2.48. The third kappa shape index (κ3) is 4.60. The quantitative estimate of drug-likeness (QED) is 0.287. The van der Waals surface area contributed by atoms with Crippen LogP contribution >= 0.6 is 0 Å². The predicted molar refractivity (Wildman–Crippen MR) is 129 cm³/mol. The second kappa shape index (κ2) is 9.12. The van der Waals surface area contributed by atoms with Gasteiger partial charge in [-0.1, -0.05) is 0 Å². The number of carboxylic acid groups (broad SMARTS) is 1. The summed E-state index contributed by atoms with van der Waals surface area (Å²) in [7, 11) is -3.90. The molecule has 3 aromatic rings. The van der Waals surface area contributed by atoms with Crippen molar-refractivity contribution in [3.8, 4) is 5.75 Å². The SMILES string of the molecule is O=C(O)Oc1cn(C2CC2)c2cc(N3CCN(S(=O)(=O)c4ccc([N+](=O)[O-])cc4)CC3)c(F)cc2c1=O. The molecule has 0 spiro atoms. The van der Waals surface area contributed by atoms with Crippen LogP contribution in [0.2, 0.25) is 0 Å². The number of hydrogen-bond donors (Lipinski definition) is 1. The first-order valence-corrected chi connectivity index (χ1v) is 12.8. The van der Waals surface area contributed by atoms with Gasteiger partial charge < -0.3 is 19.3 Å². The molecule has 2 fully saturated rings. The van der Waals surface area contributed by atoms with E-state index in [4.69, 9.17) is 5.11 Å². The molecule has 14 heteroatoms. The molecule has 12 nitrogen and oxygen atoms in total. The van der Waals surface area contributed by atoms with E-state index in [1.54, 1.807) is 9.47 Å². The Kier molecular flexibility index (Phi) is 6.07. The Labute approximate surface area is 209 Å². The summed E-state index contributed by atoms with van der Waals surface area (Å²) in [6, 6.07) is 7.22. The van der Waals surface area contributed by atoms with Crippen LogP contribution in [0.3, 0.4) is 0 Å². The van der Waals surface area contributed by atoms with Gasteiger partial charge in [-0.25, -0.2) is 17.6 Å². The molecule has 194 valence electrons. The van der Waals surface area contributed by atoms with Gasteiger partial charge in [-0.05, 0) is 37.1 Å². The largest absolute Gasteiger partial charge is 0.511 e. The maximum atomic E-state index is 15.2. The van der Waals surface area contributed by atoms with Crippen molar-refractivity contribution in [2.24, 2.45) is 0 Å². The van der Waals surface area contributed by atoms with Gasteiger partial charge in [0, 0.05) is 44.4 Å². The Hall–Kier alpha value is -4.04. The highest BCUT2D eigenvalue weighted by Crippen LogP contribution is 2.39. The maximum absolute atomic E-state index is 15.2. The molecule has 1 saturated heterocycles. The topological polar surface area (TPSA) is 152 Å². The van der Waals surface area contributed by atoms with Crippen molar-refractivity contribution in [1.82, 2.24) is 8.87 Å². The first-order valence-electron chi connectivity index (χ1n) is 11.3. The summed E-state index contributed by atoms with van der Waals surface area (Å²) in [5.74, 6) is -1.10. The second-order valence-electron chi connectivity index (χ2n) is 8.79. The van der Waals surface area contributed by atoms with Crippen LogP contribution < -0.4 is 15.1 Å². The Morgan fingerprint density at radius 2 is 1.76 bits per heavy atom. The number of ether oxygens (including phenoxy) is 1. The molecule has 1 aliphatic heterocycles. The molecule has 1 N–H and O–H groups in total. The smallest absolute Gasteiger partial charge is 0.449 e. The van der Waals surface area contributed by atoms with Gasteiger partial charge in [0.2, 0.25) is 15.5 Å². The molecule has 0 unspecified atom stereocenters. The normalized spacial score (nSPS) is 16.6. The third-order valence-electron chi connectivity index (χ3n) is 6.47. The van der Waals surface area contributed by atoms with Gasteiger partial charge >= 0.3 is 6.16 Å². The van der Waals surface area contributed by atoms with E-state index in [2.05, 4.69) is 4.74 Å². The summed E-state index contributed by atoms with van der Waals surface area (Å²) in [5.41, 5.74) is -0.330. The number of nitrogens with zero attached hydrogens (tertiary/aromatic N) is 4. The van der Waals surface area contributed by atoms with E-state index in [0.717, 1.165) is 31.0 Å². The summed E-state index contributed by atoms with van der Waals surface area (Å²) in [5, 5.41) is 19.8. The third-order valence-corrected chi connectivity index (χ3v) is 8.38. The zero-order valence-electron chi connectivity index (χ0n) is 19.2. The summed E-state index contributed by atoms with van der Waals surface area (Å²) < 4.78 is 48.7. The van der Waals surface area contributed by atoms with Crippen LogP contribution in [0.1, 0.15) is 18.9 Å². The molecule has 0 atom stereocenters. The van der Waals surface area contributed by atoms with E-state index < -0.39 is 38.1 Å². The molecule has 1 aromatic heterocycles. The fraction of sp³-hybridized carbons (Fsp3) is 0.304. The number of benzene rings is 2. The maximum Gasteiger partial charge on any atom is 0.511 e. The van der Waals surface area contributed by atoms with Gasteiger partial charge in [-0.15, -0.1) is 0 Å². The van der Waals surface area contributed by atoms with Crippen molar-refractivity contribution in [2.45, 2.75) is 23.8 Å². The number of nitro benzene ring substituents is 1. The van der Waals surface area contributed by atoms with Crippen molar-refractivity contribution >= 4 is 38.5 Å². The highest BCUT2D eigenvalue weighted by molar-refractivity contribution is 7.89. The Bertz CT molecular complexity index is 1580. The lowest BCUT2D eigenvalue weighted by atomic mass is 10.1. The number of carbonyl (C=O) groups is 1. The number of non-ortho nitro benzene ring substituents is 1. The average Bonchev–Trinajstić information content (AvgIpc) is 3.71. The molecule has 0 radical (unpaired) electrons. The lowest BCUT2D eigenvalue weighted by molar-refractivity contribution is -0.384. The van der Waals surface area contributed by atoms with Crippen LogP contribution in [0.25, 0.3) is 10.9 Å². The van der Waals surface area contributed by atoms with Crippen LogP contribution in [-0.2, 0) is 10.0 Å². The molecular formula is C23H21FN4O8S. The molecule has 37 heavy (non-hydrogen) atoms. The average molecular weight is 533 g/mol. The Balaban J connectivity index is 1.41. The summed E-state index contributed by atoms with van der Waals surface area (Å²) in [6.07, 6.45) is 1.32. The van der Waals surface area contributed by atoms with Crippen molar-refractivity contribution in [1.29, 1.82) is 0 Å². The fourth-order valence-electron chi connectivity index (χ4n) is 4.46. The number of rotatable bonds is 6. The standard InChI is InChI=1S/C23H21FN4O8S/c24-18-11-17-19(27(14-1-2-14)13-21(22(17)29)36-23(30)31)12-20(18)25-7-9-26(10-8-25)37(34,35)16-5-3-15(4-6-16)28(32)33/h3-6,11-14H,1-2,7-10H2,(H,30,31). The summed E-state index contributed by atoms with van der Waals surface area (Å²) in [4.78, 5) is 35.6. The van der Waals surface area contributed by atoms with Gasteiger partial charge in [0.15, 0.2) is 5.75 Å². The van der Waals surface area contributed by atoms with Crippen LogP contribution in [-0.4, -0.2) is 59.7 Å². The fourth-order valence-corrected chi connectivity index (χ4v) is 5.88. The monoisotopic (exact) mass is 532 g/mol. The number of fused-ring (bicyclic) bond motifs is 1. The molecule has 1 aliphatic carbocycles. The number of pyridine rings is 1. The van der Waals surface area contributed by atoms with E-state index in [9.17, 15) is 28.1 Å². The zero-order chi connectivity index (χ0) is 26.5. The van der Waals surface area contributed by atoms with Crippen LogP contribution in [0.15, 0.2) is 52.3 Å². The molecule has 1 saturated carbocycles. The van der Waals surface area contributed by atoms with Gasteiger partial charge in [-0.3, -0.25) is 14.9 Å². The van der Waals surface area contributed by atoms with Crippen molar-refractivity contribution < 1.29 is 32.4 Å². The molecule has 0 bridgehead atoms. The van der Waals surface area contributed by atoms with Gasteiger partial charge in [0.25, 0.3) is 5.69 Å².